The van der Waals surface area contributed by atoms with Crippen LogP contribution in [-0.2, 0) is 16.0 Å². The smallest absolute Gasteiger partial charge is 0.312 e. The third-order valence-corrected chi connectivity index (χ3v) is 4.63. The monoisotopic (exact) mass is 294 g/mol. The second-order valence-electron chi connectivity index (χ2n) is 5.97. The Hall–Kier alpha value is -1.62. The fourth-order valence-electron chi connectivity index (χ4n) is 3.29. The van der Waals surface area contributed by atoms with E-state index in [-0.39, 0.29) is 12.5 Å². The van der Waals surface area contributed by atoms with Crippen LogP contribution in [0.4, 0.5) is 4.39 Å². The van der Waals surface area contributed by atoms with E-state index in [1.54, 1.807) is 12.1 Å². The van der Waals surface area contributed by atoms with Crippen molar-refractivity contribution >= 4 is 5.97 Å². The predicted molar refractivity (Wildman–Crippen MR) is 73.8 cm³/mol. The van der Waals surface area contributed by atoms with Gasteiger partial charge in [0.25, 0.3) is 0 Å². The van der Waals surface area contributed by atoms with Gasteiger partial charge in [0.2, 0.25) is 0 Å². The number of carboxylic acid groups (broad SMARTS) is 1. The van der Waals surface area contributed by atoms with E-state index in [0.717, 1.165) is 12.8 Å². The summed E-state index contributed by atoms with van der Waals surface area (Å²) in [6.07, 6.45) is 2.32. The summed E-state index contributed by atoms with van der Waals surface area (Å²) >= 11 is 0. The lowest BCUT2D eigenvalue weighted by Crippen LogP contribution is -2.42. The first-order valence-corrected chi connectivity index (χ1v) is 7.24. The van der Waals surface area contributed by atoms with E-state index in [1.165, 1.54) is 13.2 Å². The molecule has 1 saturated carbocycles. The van der Waals surface area contributed by atoms with Crippen LogP contribution in [0.15, 0.2) is 18.2 Å². The second-order valence-corrected chi connectivity index (χ2v) is 5.97. The van der Waals surface area contributed by atoms with E-state index in [0.29, 0.717) is 30.3 Å². The third-order valence-electron chi connectivity index (χ3n) is 4.63. The number of hydrogen-bond donors (Lipinski definition) is 1. The lowest BCUT2D eigenvalue weighted by Gasteiger charge is -2.30. The molecule has 1 N–H and O–H groups in total. The Bertz CT molecular complexity index is 555. The first kappa shape index (κ1) is 14.3. The summed E-state index contributed by atoms with van der Waals surface area (Å²) < 4.78 is 24.8. The standard InChI is InChI=1S/C16H19FO4/c1-20-12-5-4-11(13(17)8-12)9-16(15(18)19)6-7-21-14(16)10-2-3-10/h4-5,8,10,14H,2-3,6-7,9H2,1H3,(H,18,19). The van der Waals surface area contributed by atoms with Gasteiger partial charge in [0, 0.05) is 12.7 Å². The number of carbonyl (C=O) groups is 1. The van der Waals surface area contributed by atoms with Crippen LogP contribution in [0.25, 0.3) is 0 Å². The van der Waals surface area contributed by atoms with Gasteiger partial charge in [-0.15, -0.1) is 0 Å². The quantitative estimate of drug-likeness (QED) is 0.907. The zero-order valence-corrected chi connectivity index (χ0v) is 12.0. The normalized spacial score (nSPS) is 28.6. The van der Waals surface area contributed by atoms with Crippen LogP contribution < -0.4 is 4.74 Å². The molecule has 1 saturated heterocycles. The molecule has 2 atom stereocenters. The number of aliphatic carboxylic acids is 1. The molecule has 1 aromatic carbocycles. The van der Waals surface area contributed by atoms with Crippen molar-refractivity contribution in [1.29, 1.82) is 0 Å². The van der Waals surface area contributed by atoms with E-state index >= 15 is 0 Å². The lowest BCUT2D eigenvalue weighted by molar-refractivity contribution is -0.153. The van der Waals surface area contributed by atoms with Crippen LogP contribution in [0.1, 0.15) is 24.8 Å². The molecule has 1 aromatic rings. The molecular weight excluding hydrogens is 275 g/mol. The van der Waals surface area contributed by atoms with E-state index in [9.17, 15) is 14.3 Å². The van der Waals surface area contributed by atoms with E-state index < -0.39 is 17.2 Å². The van der Waals surface area contributed by atoms with Crippen molar-refractivity contribution in [3.63, 3.8) is 0 Å². The largest absolute Gasteiger partial charge is 0.497 e. The van der Waals surface area contributed by atoms with Gasteiger partial charge in [0.15, 0.2) is 0 Å². The zero-order valence-electron chi connectivity index (χ0n) is 12.0. The maximum absolute atomic E-state index is 14.2. The molecule has 114 valence electrons. The number of carboxylic acids is 1. The lowest BCUT2D eigenvalue weighted by atomic mass is 9.74. The van der Waals surface area contributed by atoms with Crippen molar-refractivity contribution < 1.29 is 23.8 Å². The highest BCUT2D eigenvalue weighted by Gasteiger charge is 2.56. The molecule has 4 nitrogen and oxygen atoms in total. The topological polar surface area (TPSA) is 55.8 Å². The molecule has 2 aliphatic rings. The highest BCUT2D eigenvalue weighted by molar-refractivity contribution is 5.76. The minimum absolute atomic E-state index is 0.166. The molecule has 1 aliphatic carbocycles. The molecule has 0 spiro atoms. The Morgan fingerprint density at radius 1 is 1.52 bits per heavy atom. The van der Waals surface area contributed by atoms with Gasteiger partial charge in [-0.3, -0.25) is 4.79 Å². The summed E-state index contributed by atoms with van der Waals surface area (Å²) in [5.41, 5.74) is -0.592. The van der Waals surface area contributed by atoms with Crippen molar-refractivity contribution in [3.8, 4) is 5.75 Å². The molecule has 1 heterocycles. The van der Waals surface area contributed by atoms with Gasteiger partial charge in [-0.2, -0.15) is 0 Å². The van der Waals surface area contributed by atoms with Gasteiger partial charge < -0.3 is 14.6 Å². The van der Waals surface area contributed by atoms with Crippen LogP contribution in [-0.4, -0.2) is 30.9 Å². The second kappa shape index (κ2) is 5.30. The number of hydrogen-bond acceptors (Lipinski definition) is 3. The third kappa shape index (κ3) is 2.50. The summed E-state index contributed by atoms with van der Waals surface area (Å²) in [5.74, 6) is -0.560. The molecule has 2 unspecified atom stereocenters. The van der Waals surface area contributed by atoms with Crippen molar-refractivity contribution in [1.82, 2.24) is 0 Å². The van der Waals surface area contributed by atoms with Crippen LogP contribution in [0.3, 0.4) is 0 Å². The van der Waals surface area contributed by atoms with Crippen molar-refractivity contribution in [2.45, 2.75) is 31.8 Å². The zero-order chi connectivity index (χ0) is 15.0. The number of rotatable bonds is 5. The SMILES string of the molecule is COc1ccc(CC2(C(=O)O)CCOC2C2CC2)c(F)c1. The Labute approximate surface area is 122 Å². The molecule has 2 fully saturated rings. The molecule has 21 heavy (non-hydrogen) atoms. The number of halogens is 1. The van der Waals surface area contributed by atoms with Crippen LogP contribution >= 0.6 is 0 Å². The highest BCUT2D eigenvalue weighted by Crippen LogP contribution is 2.49. The Morgan fingerprint density at radius 3 is 2.86 bits per heavy atom. The summed E-state index contributed by atoms with van der Waals surface area (Å²) in [6, 6.07) is 4.57. The van der Waals surface area contributed by atoms with Crippen LogP contribution in [0, 0.1) is 17.2 Å². The van der Waals surface area contributed by atoms with Gasteiger partial charge in [0.1, 0.15) is 17.0 Å². The fraction of sp³-hybridized carbons (Fsp3) is 0.562. The first-order valence-electron chi connectivity index (χ1n) is 7.24. The summed E-state index contributed by atoms with van der Waals surface area (Å²) in [4.78, 5) is 11.9. The minimum atomic E-state index is -1.00. The molecule has 5 heteroatoms. The van der Waals surface area contributed by atoms with Gasteiger partial charge in [-0.05, 0) is 43.2 Å². The Kier molecular flexibility index (Phi) is 3.61. The van der Waals surface area contributed by atoms with Crippen molar-refractivity contribution in [2.75, 3.05) is 13.7 Å². The van der Waals surface area contributed by atoms with Crippen molar-refractivity contribution in [2.24, 2.45) is 11.3 Å². The molecule has 0 bridgehead atoms. The molecular formula is C16H19FO4. The molecule has 0 aromatic heterocycles. The first-order chi connectivity index (χ1) is 10.1. The maximum atomic E-state index is 14.2. The maximum Gasteiger partial charge on any atom is 0.312 e. The number of ether oxygens (including phenoxy) is 2. The molecule has 1 aliphatic heterocycles. The van der Waals surface area contributed by atoms with Gasteiger partial charge in [-0.25, -0.2) is 4.39 Å². The molecule has 0 radical (unpaired) electrons. The summed E-state index contributed by atoms with van der Waals surface area (Å²) in [7, 11) is 1.47. The van der Waals surface area contributed by atoms with Gasteiger partial charge in [-0.1, -0.05) is 6.07 Å². The van der Waals surface area contributed by atoms with Gasteiger partial charge >= 0.3 is 5.97 Å². The predicted octanol–water partition coefficient (Wildman–Crippen LogP) is 2.65. The number of methoxy groups -OCH3 is 1. The fourth-order valence-corrected chi connectivity index (χ4v) is 3.29. The van der Waals surface area contributed by atoms with E-state index in [4.69, 9.17) is 9.47 Å². The van der Waals surface area contributed by atoms with E-state index in [1.807, 2.05) is 0 Å². The summed E-state index contributed by atoms with van der Waals surface area (Å²) in [5, 5.41) is 9.74. The minimum Gasteiger partial charge on any atom is -0.497 e. The number of benzene rings is 1. The average Bonchev–Trinajstić information content (AvgIpc) is 3.21. The average molecular weight is 294 g/mol. The summed E-state index contributed by atoms with van der Waals surface area (Å²) in [6.45, 7) is 0.436. The Balaban J connectivity index is 1.90. The van der Waals surface area contributed by atoms with E-state index in [2.05, 4.69) is 0 Å². The molecule has 3 rings (SSSR count). The Morgan fingerprint density at radius 2 is 2.29 bits per heavy atom. The molecule has 0 amide bonds. The van der Waals surface area contributed by atoms with Crippen molar-refractivity contribution in [3.05, 3.63) is 29.6 Å². The van der Waals surface area contributed by atoms with Crippen LogP contribution in [0.2, 0.25) is 0 Å². The van der Waals surface area contributed by atoms with Gasteiger partial charge in [0.05, 0.1) is 13.2 Å². The highest BCUT2D eigenvalue weighted by atomic mass is 19.1. The van der Waals surface area contributed by atoms with Crippen LogP contribution in [0.5, 0.6) is 5.75 Å².